The molecule has 0 spiro atoms. The van der Waals surface area contributed by atoms with Crippen molar-refractivity contribution in [2.24, 2.45) is 0 Å². The molecule has 5 heteroatoms. The van der Waals surface area contributed by atoms with Gasteiger partial charge < -0.3 is 15.0 Å². The van der Waals surface area contributed by atoms with Crippen molar-refractivity contribution in [1.82, 2.24) is 0 Å². The van der Waals surface area contributed by atoms with Gasteiger partial charge in [-0.1, -0.05) is 0 Å². The zero-order valence-electron chi connectivity index (χ0n) is 12.2. The lowest BCUT2D eigenvalue weighted by atomic mass is 10.2. The molecule has 1 aromatic carbocycles. The predicted octanol–water partition coefficient (Wildman–Crippen LogP) is 1.23. The highest BCUT2D eigenvalue weighted by Gasteiger charge is 2.27. The molecule has 2 atom stereocenters. The van der Waals surface area contributed by atoms with Crippen molar-refractivity contribution in [3.05, 3.63) is 27.3 Å². The molecule has 4 nitrogen and oxygen atoms in total. The maximum absolute atomic E-state index is 12.2. The molecule has 0 unspecified atom stereocenters. The van der Waals surface area contributed by atoms with Gasteiger partial charge in [-0.15, -0.1) is 0 Å². The fourth-order valence-corrected chi connectivity index (χ4v) is 3.37. The second kappa shape index (κ2) is 6.87. The summed E-state index contributed by atoms with van der Waals surface area (Å²) in [5, 5.41) is 3.01. The number of benzene rings is 1. The van der Waals surface area contributed by atoms with Crippen molar-refractivity contribution in [1.29, 1.82) is 0 Å². The summed E-state index contributed by atoms with van der Waals surface area (Å²) in [5.41, 5.74) is 2.01. The van der Waals surface area contributed by atoms with Crippen LogP contribution in [0.3, 0.4) is 0 Å². The number of quaternary nitrogens is 1. The van der Waals surface area contributed by atoms with Crippen molar-refractivity contribution >= 4 is 34.2 Å². The first-order valence-corrected chi connectivity index (χ1v) is 8.07. The van der Waals surface area contributed by atoms with Crippen molar-refractivity contribution in [2.45, 2.75) is 33.0 Å². The van der Waals surface area contributed by atoms with Gasteiger partial charge in [0.1, 0.15) is 25.3 Å². The quantitative estimate of drug-likeness (QED) is 0.764. The smallest absolute Gasteiger partial charge is 0.279 e. The molecule has 110 valence electrons. The minimum Gasteiger partial charge on any atom is -0.364 e. The minimum atomic E-state index is 0.0746. The average Bonchev–Trinajstić information content (AvgIpc) is 2.31. The summed E-state index contributed by atoms with van der Waals surface area (Å²) >= 11 is 2.27. The number of halogens is 1. The van der Waals surface area contributed by atoms with Crippen molar-refractivity contribution in [3.8, 4) is 0 Å². The van der Waals surface area contributed by atoms with Crippen LogP contribution in [-0.4, -0.2) is 37.7 Å². The number of hydrogen-bond donors (Lipinski definition) is 2. The van der Waals surface area contributed by atoms with Gasteiger partial charge in [-0.2, -0.15) is 0 Å². The third kappa shape index (κ3) is 4.43. The summed E-state index contributed by atoms with van der Waals surface area (Å²) in [6.45, 7) is 8.44. The van der Waals surface area contributed by atoms with Gasteiger partial charge in [0.25, 0.3) is 5.91 Å². The highest BCUT2D eigenvalue weighted by Crippen LogP contribution is 2.17. The van der Waals surface area contributed by atoms with Gasteiger partial charge in [-0.25, -0.2) is 0 Å². The van der Waals surface area contributed by atoms with Crippen LogP contribution in [0.15, 0.2) is 18.2 Å². The molecule has 0 aromatic heterocycles. The molecular weight excluding hydrogens is 367 g/mol. The summed E-state index contributed by atoms with van der Waals surface area (Å²) < 4.78 is 6.88. The van der Waals surface area contributed by atoms with Crippen LogP contribution in [0.1, 0.15) is 19.4 Å². The van der Waals surface area contributed by atoms with E-state index in [9.17, 15) is 4.79 Å². The lowest BCUT2D eigenvalue weighted by molar-refractivity contribution is -0.907. The number of nitrogens with one attached hydrogen (secondary N) is 2. The number of carbonyl (C=O) groups excluding carboxylic acids is 1. The van der Waals surface area contributed by atoms with Crippen LogP contribution in [0.4, 0.5) is 5.69 Å². The standard InChI is InChI=1S/C15H21IN2O2/c1-10-6-13(16)4-5-14(10)17-15(19)9-18-7-11(2)20-12(3)8-18/h4-6,11-12H,7-9H2,1-3H3,(H,17,19)/p+1/t11-,12-/m0/s1. The Morgan fingerprint density at radius 1 is 1.40 bits per heavy atom. The molecule has 20 heavy (non-hydrogen) atoms. The first-order valence-electron chi connectivity index (χ1n) is 6.99. The van der Waals surface area contributed by atoms with E-state index in [1.54, 1.807) is 0 Å². The number of rotatable bonds is 3. The lowest BCUT2D eigenvalue weighted by Crippen LogP contribution is -3.16. The monoisotopic (exact) mass is 389 g/mol. The first-order chi connectivity index (χ1) is 9.44. The lowest BCUT2D eigenvalue weighted by Gasteiger charge is -2.31. The van der Waals surface area contributed by atoms with Gasteiger partial charge in [-0.05, 0) is 67.1 Å². The largest absolute Gasteiger partial charge is 0.364 e. The number of anilines is 1. The maximum Gasteiger partial charge on any atom is 0.279 e. The van der Waals surface area contributed by atoms with Crippen LogP contribution in [0.25, 0.3) is 0 Å². The van der Waals surface area contributed by atoms with E-state index in [-0.39, 0.29) is 18.1 Å². The minimum absolute atomic E-state index is 0.0746. The van der Waals surface area contributed by atoms with E-state index in [0.29, 0.717) is 6.54 Å². The Morgan fingerprint density at radius 3 is 2.65 bits per heavy atom. The molecule has 1 heterocycles. The molecule has 1 aromatic rings. The van der Waals surface area contributed by atoms with Gasteiger partial charge in [-0.3, -0.25) is 4.79 Å². The molecule has 1 amide bonds. The van der Waals surface area contributed by atoms with Gasteiger partial charge in [0, 0.05) is 9.26 Å². The highest BCUT2D eigenvalue weighted by atomic mass is 127. The molecule has 0 saturated carbocycles. The Balaban J connectivity index is 1.92. The van der Waals surface area contributed by atoms with Gasteiger partial charge in [0.05, 0.1) is 0 Å². The van der Waals surface area contributed by atoms with E-state index in [1.165, 1.54) is 8.47 Å². The molecule has 1 fully saturated rings. The van der Waals surface area contributed by atoms with Crippen LogP contribution < -0.4 is 10.2 Å². The summed E-state index contributed by atoms with van der Waals surface area (Å²) in [6, 6.07) is 6.05. The Hall–Kier alpha value is -0.660. The number of amides is 1. The fraction of sp³-hybridized carbons (Fsp3) is 0.533. The van der Waals surface area contributed by atoms with E-state index in [0.717, 1.165) is 24.3 Å². The molecule has 0 bridgehead atoms. The molecule has 1 saturated heterocycles. The molecule has 0 aliphatic carbocycles. The molecule has 1 aliphatic rings. The van der Waals surface area contributed by atoms with Crippen LogP contribution in [0, 0.1) is 10.5 Å². The second-order valence-electron chi connectivity index (χ2n) is 5.60. The first kappa shape index (κ1) is 15.7. The summed E-state index contributed by atoms with van der Waals surface area (Å²) in [7, 11) is 0. The molecular formula is C15H22IN2O2+. The SMILES string of the molecule is Cc1cc(I)ccc1NC(=O)C[NH+]1C[C@H](C)O[C@@H](C)C1. The second-order valence-corrected chi connectivity index (χ2v) is 6.85. The van der Waals surface area contributed by atoms with Crippen molar-refractivity contribution in [3.63, 3.8) is 0 Å². The number of ether oxygens (including phenoxy) is 1. The Bertz CT molecular complexity index is 483. The predicted molar refractivity (Wildman–Crippen MR) is 88.1 cm³/mol. The molecule has 0 radical (unpaired) electrons. The number of aryl methyl sites for hydroxylation is 1. The summed E-state index contributed by atoms with van der Waals surface area (Å²) in [4.78, 5) is 13.4. The third-order valence-corrected chi connectivity index (χ3v) is 4.16. The van der Waals surface area contributed by atoms with Crippen LogP contribution >= 0.6 is 22.6 Å². The Labute approximate surface area is 134 Å². The normalized spacial score (nSPS) is 26.3. The fourth-order valence-electron chi connectivity index (χ4n) is 2.72. The Morgan fingerprint density at radius 2 is 2.05 bits per heavy atom. The molecule has 2 rings (SSSR count). The Kier molecular flexibility index (Phi) is 5.40. The van der Waals surface area contributed by atoms with E-state index in [2.05, 4.69) is 47.8 Å². The van der Waals surface area contributed by atoms with E-state index in [4.69, 9.17) is 4.74 Å². The van der Waals surface area contributed by atoms with Gasteiger partial charge in [0.15, 0.2) is 6.54 Å². The number of carbonyl (C=O) groups is 1. The molecule has 2 N–H and O–H groups in total. The summed E-state index contributed by atoms with van der Waals surface area (Å²) in [6.07, 6.45) is 0.447. The zero-order valence-corrected chi connectivity index (χ0v) is 14.4. The molecule has 1 aliphatic heterocycles. The maximum atomic E-state index is 12.2. The van der Waals surface area contributed by atoms with Crippen molar-refractivity contribution < 1.29 is 14.4 Å². The van der Waals surface area contributed by atoms with Gasteiger partial charge >= 0.3 is 0 Å². The third-order valence-electron chi connectivity index (χ3n) is 3.49. The average molecular weight is 389 g/mol. The van der Waals surface area contributed by atoms with Gasteiger partial charge in [0.2, 0.25) is 0 Å². The van der Waals surface area contributed by atoms with Crippen molar-refractivity contribution in [2.75, 3.05) is 25.0 Å². The number of hydrogen-bond acceptors (Lipinski definition) is 2. The highest BCUT2D eigenvalue weighted by molar-refractivity contribution is 14.1. The van der Waals surface area contributed by atoms with Crippen LogP contribution in [0.2, 0.25) is 0 Å². The zero-order chi connectivity index (χ0) is 14.7. The van der Waals surface area contributed by atoms with Crippen LogP contribution in [0.5, 0.6) is 0 Å². The summed E-state index contributed by atoms with van der Waals surface area (Å²) in [5.74, 6) is 0.0746. The number of morpholine rings is 1. The topological polar surface area (TPSA) is 42.8 Å². The van der Waals surface area contributed by atoms with E-state index < -0.39 is 0 Å². The van der Waals surface area contributed by atoms with E-state index in [1.807, 2.05) is 19.1 Å². The van der Waals surface area contributed by atoms with E-state index >= 15 is 0 Å². The van der Waals surface area contributed by atoms with Crippen LogP contribution in [-0.2, 0) is 9.53 Å².